The molecule has 2 aliphatic carbocycles. The molecule has 3 rings (SSSR count). The fourth-order valence-electron chi connectivity index (χ4n) is 2.80. The second kappa shape index (κ2) is 3.34. The molecule has 0 heterocycles. The largest absolute Gasteiger partial charge is 0.321 e. The zero-order chi connectivity index (χ0) is 10.3. The summed E-state index contributed by atoms with van der Waals surface area (Å²) >= 11 is 0. The van der Waals surface area contributed by atoms with Crippen LogP contribution in [0.25, 0.3) is 0 Å². The summed E-state index contributed by atoms with van der Waals surface area (Å²) in [5.41, 5.74) is 9.28. The lowest BCUT2D eigenvalue weighted by Crippen LogP contribution is -2.32. The Morgan fingerprint density at radius 3 is 2.13 bits per heavy atom. The second-order valence-electron chi connectivity index (χ2n) is 5.26. The van der Waals surface area contributed by atoms with Crippen molar-refractivity contribution in [3.05, 3.63) is 35.4 Å². The predicted molar refractivity (Wildman–Crippen MR) is 62.8 cm³/mol. The summed E-state index contributed by atoms with van der Waals surface area (Å²) in [5, 5.41) is 0. The Morgan fingerprint density at radius 2 is 1.60 bits per heavy atom. The molecule has 0 unspecified atom stereocenters. The Bertz CT molecular complexity index is 342. The number of hydrogen-bond acceptors (Lipinski definition) is 1. The fraction of sp³-hybridized carbons (Fsp3) is 0.571. The van der Waals surface area contributed by atoms with Gasteiger partial charge in [-0.15, -0.1) is 0 Å². The first-order valence-electron chi connectivity index (χ1n) is 6.17. The predicted octanol–water partition coefficient (Wildman–Crippen LogP) is 3.29. The zero-order valence-electron chi connectivity index (χ0n) is 9.21. The van der Waals surface area contributed by atoms with Gasteiger partial charge in [0.15, 0.2) is 0 Å². The van der Waals surface area contributed by atoms with Crippen LogP contribution in [0.3, 0.4) is 0 Å². The lowest BCUT2D eigenvalue weighted by atomic mass is 9.88. The first kappa shape index (κ1) is 9.41. The minimum atomic E-state index is -0.0118. The van der Waals surface area contributed by atoms with Gasteiger partial charge < -0.3 is 5.73 Å². The van der Waals surface area contributed by atoms with E-state index in [1.165, 1.54) is 36.8 Å². The standard InChI is InChI=1S/C14H19N/c15-14(9-1-2-10-14)13-7-5-12(6-8-13)11-3-4-11/h5-8,11H,1-4,9-10,15H2. The van der Waals surface area contributed by atoms with Crippen LogP contribution in [0.4, 0.5) is 0 Å². The van der Waals surface area contributed by atoms with Crippen LogP contribution in [0.15, 0.2) is 24.3 Å². The molecule has 0 aromatic heterocycles. The number of nitrogens with two attached hydrogens (primary N) is 1. The molecule has 0 aliphatic heterocycles. The highest BCUT2D eigenvalue weighted by atomic mass is 14.8. The number of hydrogen-bond donors (Lipinski definition) is 1. The van der Waals surface area contributed by atoms with E-state index < -0.39 is 0 Å². The highest BCUT2D eigenvalue weighted by Crippen LogP contribution is 2.41. The van der Waals surface area contributed by atoms with Gasteiger partial charge in [0.2, 0.25) is 0 Å². The van der Waals surface area contributed by atoms with Crippen LogP contribution in [0.5, 0.6) is 0 Å². The van der Waals surface area contributed by atoms with E-state index in [0.717, 1.165) is 18.8 Å². The molecule has 2 aliphatic rings. The Morgan fingerprint density at radius 1 is 1.00 bits per heavy atom. The third-order valence-electron chi connectivity index (χ3n) is 4.03. The molecule has 1 aromatic carbocycles. The van der Waals surface area contributed by atoms with Gasteiger partial charge in [0.25, 0.3) is 0 Å². The smallest absolute Gasteiger partial charge is 0.0409 e. The van der Waals surface area contributed by atoms with Crippen molar-refractivity contribution in [3.8, 4) is 0 Å². The lowest BCUT2D eigenvalue weighted by Gasteiger charge is -2.24. The molecule has 0 bridgehead atoms. The average molecular weight is 201 g/mol. The van der Waals surface area contributed by atoms with Crippen molar-refractivity contribution in [2.45, 2.75) is 50.0 Å². The van der Waals surface area contributed by atoms with Crippen LogP contribution in [0, 0.1) is 0 Å². The summed E-state index contributed by atoms with van der Waals surface area (Å²) in [6, 6.07) is 9.11. The first-order chi connectivity index (χ1) is 7.28. The molecule has 0 amide bonds. The Hall–Kier alpha value is -0.820. The summed E-state index contributed by atoms with van der Waals surface area (Å²) in [4.78, 5) is 0. The van der Waals surface area contributed by atoms with Gasteiger partial charge in [-0.2, -0.15) is 0 Å². The van der Waals surface area contributed by atoms with Gasteiger partial charge in [-0.25, -0.2) is 0 Å². The third kappa shape index (κ3) is 1.69. The normalized spacial score (nSPS) is 24.3. The molecule has 2 fully saturated rings. The third-order valence-corrected chi connectivity index (χ3v) is 4.03. The van der Waals surface area contributed by atoms with Gasteiger partial charge in [-0.1, -0.05) is 37.1 Å². The minimum Gasteiger partial charge on any atom is -0.321 e. The van der Waals surface area contributed by atoms with Crippen LogP contribution in [0.2, 0.25) is 0 Å². The van der Waals surface area contributed by atoms with E-state index >= 15 is 0 Å². The van der Waals surface area contributed by atoms with Crippen molar-refractivity contribution in [2.75, 3.05) is 0 Å². The summed E-state index contributed by atoms with van der Waals surface area (Å²) in [7, 11) is 0. The lowest BCUT2D eigenvalue weighted by molar-refractivity contribution is 0.461. The van der Waals surface area contributed by atoms with E-state index in [2.05, 4.69) is 24.3 Å². The number of benzene rings is 1. The van der Waals surface area contributed by atoms with E-state index in [0.29, 0.717) is 0 Å². The van der Waals surface area contributed by atoms with Crippen molar-refractivity contribution in [1.82, 2.24) is 0 Å². The molecule has 2 saturated carbocycles. The van der Waals surface area contributed by atoms with Crippen molar-refractivity contribution >= 4 is 0 Å². The quantitative estimate of drug-likeness (QED) is 0.780. The molecule has 2 N–H and O–H groups in total. The Labute approximate surface area is 91.7 Å². The molecule has 80 valence electrons. The minimum absolute atomic E-state index is 0.0118. The van der Waals surface area contributed by atoms with E-state index in [1.54, 1.807) is 0 Å². The molecule has 0 atom stereocenters. The van der Waals surface area contributed by atoms with E-state index in [4.69, 9.17) is 5.73 Å². The van der Waals surface area contributed by atoms with E-state index in [9.17, 15) is 0 Å². The van der Waals surface area contributed by atoms with E-state index in [-0.39, 0.29) is 5.54 Å². The van der Waals surface area contributed by atoms with Gasteiger partial charge in [-0.3, -0.25) is 0 Å². The molecule has 1 aromatic rings. The molecule has 0 radical (unpaired) electrons. The molecule has 1 nitrogen and oxygen atoms in total. The topological polar surface area (TPSA) is 26.0 Å². The van der Waals surface area contributed by atoms with Gasteiger partial charge in [0, 0.05) is 5.54 Å². The second-order valence-corrected chi connectivity index (χ2v) is 5.26. The van der Waals surface area contributed by atoms with Crippen molar-refractivity contribution in [3.63, 3.8) is 0 Å². The maximum Gasteiger partial charge on any atom is 0.0409 e. The molecule has 0 spiro atoms. The maximum atomic E-state index is 6.42. The SMILES string of the molecule is NC1(c2ccc(C3CC3)cc2)CCCC1. The zero-order valence-corrected chi connectivity index (χ0v) is 9.21. The van der Waals surface area contributed by atoms with Gasteiger partial charge in [0.1, 0.15) is 0 Å². The highest BCUT2D eigenvalue weighted by molar-refractivity contribution is 5.32. The van der Waals surface area contributed by atoms with Gasteiger partial charge in [0.05, 0.1) is 0 Å². The number of rotatable bonds is 2. The summed E-state index contributed by atoms with van der Waals surface area (Å²) < 4.78 is 0. The van der Waals surface area contributed by atoms with Gasteiger partial charge in [-0.05, 0) is 42.7 Å². The molecular formula is C14H19N. The first-order valence-corrected chi connectivity index (χ1v) is 6.17. The van der Waals surface area contributed by atoms with Gasteiger partial charge >= 0.3 is 0 Å². The maximum absolute atomic E-state index is 6.42. The summed E-state index contributed by atoms with van der Waals surface area (Å²) in [6.45, 7) is 0. The molecule has 15 heavy (non-hydrogen) atoms. The van der Waals surface area contributed by atoms with Crippen LogP contribution in [-0.4, -0.2) is 0 Å². The summed E-state index contributed by atoms with van der Waals surface area (Å²) in [5.74, 6) is 0.858. The van der Waals surface area contributed by atoms with Crippen LogP contribution >= 0.6 is 0 Å². The van der Waals surface area contributed by atoms with Crippen LogP contribution < -0.4 is 5.73 Å². The Balaban J connectivity index is 1.85. The van der Waals surface area contributed by atoms with Crippen LogP contribution in [-0.2, 0) is 5.54 Å². The highest BCUT2D eigenvalue weighted by Gasteiger charge is 2.31. The van der Waals surface area contributed by atoms with E-state index in [1.807, 2.05) is 0 Å². The molecule has 0 saturated heterocycles. The van der Waals surface area contributed by atoms with Crippen LogP contribution in [0.1, 0.15) is 55.6 Å². The van der Waals surface area contributed by atoms with Crippen molar-refractivity contribution in [1.29, 1.82) is 0 Å². The molecular weight excluding hydrogens is 182 g/mol. The fourth-order valence-corrected chi connectivity index (χ4v) is 2.80. The molecule has 1 heteroatoms. The summed E-state index contributed by atoms with van der Waals surface area (Å²) in [6.07, 6.45) is 7.67. The van der Waals surface area contributed by atoms with Crippen molar-refractivity contribution < 1.29 is 0 Å². The average Bonchev–Trinajstić information content (AvgIpc) is 3.02. The van der Waals surface area contributed by atoms with Crippen molar-refractivity contribution in [2.24, 2.45) is 5.73 Å². The Kier molecular flexibility index (Phi) is 2.10. The monoisotopic (exact) mass is 201 g/mol.